The summed E-state index contributed by atoms with van der Waals surface area (Å²) in [6.07, 6.45) is 7.37. The van der Waals surface area contributed by atoms with E-state index in [1.807, 2.05) is 0 Å². The first-order chi connectivity index (χ1) is 5.29. The first kappa shape index (κ1) is 9.04. The predicted octanol–water partition coefficient (Wildman–Crippen LogP) is 1.57. The van der Waals surface area contributed by atoms with Crippen molar-refractivity contribution in [2.45, 2.75) is 38.5 Å². The molecule has 0 amide bonds. The molecule has 0 aromatic rings. The highest BCUT2D eigenvalue weighted by atomic mass is 32.2. The third-order valence-electron chi connectivity index (χ3n) is 2.44. The van der Waals surface area contributed by atoms with Crippen LogP contribution in [-0.4, -0.2) is 14.2 Å². The quantitative estimate of drug-likeness (QED) is 0.662. The molecule has 0 aliphatic heterocycles. The van der Waals surface area contributed by atoms with Crippen LogP contribution in [0.15, 0.2) is 0 Å². The zero-order valence-corrected chi connectivity index (χ0v) is 7.69. The largest absolute Gasteiger partial charge is 0.232 e. The average Bonchev–Trinajstić information content (AvgIpc) is 2.03. The summed E-state index contributed by atoms with van der Waals surface area (Å²) < 4.78 is 20.6. The maximum atomic E-state index is 10.3. The van der Waals surface area contributed by atoms with Crippen molar-refractivity contribution < 1.29 is 8.42 Å². The molecule has 0 aromatic carbocycles. The second-order valence-electron chi connectivity index (χ2n) is 3.35. The average molecular weight is 176 g/mol. The molecule has 0 N–H and O–H groups in total. The second kappa shape index (κ2) is 4.75. The molecule has 0 bridgehead atoms. The second-order valence-corrected chi connectivity index (χ2v) is 4.46. The van der Waals surface area contributed by atoms with Gasteiger partial charge in [0.25, 0.3) is 0 Å². The molecule has 0 saturated heterocycles. The van der Waals surface area contributed by atoms with Gasteiger partial charge < -0.3 is 0 Å². The molecule has 66 valence electrons. The maximum Gasteiger partial charge on any atom is 0.140 e. The fourth-order valence-corrected chi connectivity index (χ4v) is 2.34. The summed E-state index contributed by atoms with van der Waals surface area (Å²) in [6, 6.07) is 0. The maximum absolute atomic E-state index is 10.3. The van der Waals surface area contributed by atoms with Crippen LogP contribution >= 0.6 is 0 Å². The van der Waals surface area contributed by atoms with Gasteiger partial charge in [0, 0.05) is 5.75 Å². The molecule has 1 aliphatic carbocycles. The van der Waals surface area contributed by atoms with Crippen LogP contribution in [0.2, 0.25) is 0 Å². The van der Waals surface area contributed by atoms with E-state index in [0.29, 0.717) is 11.7 Å². The molecule has 0 atom stereocenters. The van der Waals surface area contributed by atoms with Crippen LogP contribution in [0.3, 0.4) is 0 Å². The number of hydrogen-bond acceptors (Lipinski definition) is 2. The lowest BCUT2D eigenvalue weighted by Crippen LogP contribution is -2.08. The Balaban J connectivity index is 2.14. The van der Waals surface area contributed by atoms with Crippen molar-refractivity contribution in [2.75, 3.05) is 5.75 Å². The van der Waals surface area contributed by atoms with Gasteiger partial charge in [-0.1, -0.05) is 32.1 Å². The van der Waals surface area contributed by atoms with Crippen LogP contribution in [0.4, 0.5) is 0 Å². The van der Waals surface area contributed by atoms with E-state index in [4.69, 9.17) is 0 Å². The first-order valence-corrected chi connectivity index (χ1v) is 5.77. The summed E-state index contributed by atoms with van der Waals surface area (Å²) in [6.45, 7) is 0. The molecule has 2 nitrogen and oxygen atoms in total. The standard InChI is InChI=1S/C8H16O2S/c9-11(10)7-6-8-4-2-1-3-5-8/h8,11H,1-7H2. The third kappa shape index (κ3) is 3.75. The van der Waals surface area contributed by atoms with Gasteiger partial charge in [-0.25, -0.2) is 8.42 Å². The molecule has 0 unspecified atom stereocenters. The lowest BCUT2D eigenvalue weighted by molar-refractivity contribution is 0.350. The van der Waals surface area contributed by atoms with Crippen LogP contribution in [0, 0.1) is 5.92 Å². The van der Waals surface area contributed by atoms with Crippen molar-refractivity contribution in [3.63, 3.8) is 0 Å². The Bertz CT molecular complexity index is 161. The summed E-state index contributed by atoms with van der Waals surface area (Å²) in [7, 11) is -2.13. The zero-order valence-electron chi connectivity index (χ0n) is 6.79. The molecule has 0 spiro atoms. The van der Waals surface area contributed by atoms with Gasteiger partial charge in [-0.3, -0.25) is 0 Å². The van der Waals surface area contributed by atoms with Gasteiger partial charge in [-0.05, 0) is 12.3 Å². The monoisotopic (exact) mass is 176 g/mol. The molecule has 1 rings (SSSR count). The van der Waals surface area contributed by atoms with E-state index in [1.54, 1.807) is 0 Å². The molecule has 1 saturated carbocycles. The molecule has 0 radical (unpaired) electrons. The van der Waals surface area contributed by atoms with Crippen LogP contribution in [0.5, 0.6) is 0 Å². The van der Waals surface area contributed by atoms with Crippen molar-refractivity contribution in [3.05, 3.63) is 0 Å². The normalized spacial score (nSPS) is 20.8. The fourth-order valence-electron chi connectivity index (χ4n) is 1.76. The van der Waals surface area contributed by atoms with Crippen molar-refractivity contribution >= 4 is 10.7 Å². The summed E-state index contributed by atoms with van der Waals surface area (Å²) in [5, 5.41) is 0. The highest BCUT2D eigenvalue weighted by molar-refractivity contribution is 7.72. The zero-order chi connectivity index (χ0) is 8.10. The lowest BCUT2D eigenvalue weighted by atomic mass is 9.88. The minimum absolute atomic E-state index is 0.403. The predicted molar refractivity (Wildman–Crippen MR) is 46.4 cm³/mol. The van der Waals surface area contributed by atoms with Gasteiger partial charge in [0.15, 0.2) is 0 Å². The van der Waals surface area contributed by atoms with Crippen LogP contribution in [-0.2, 0) is 10.7 Å². The highest BCUT2D eigenvalue weighted by Crippen LogP contribution is 2.25. The van der Waals surface area contributed by atoms with Crippen molar-refractivity contribution in [2.24, 2.45) is 5.92 Å². The fraction of sp³-hybridized carbons (Fsp3) is 1.00. The van der Waals surface area contributed by atoms with E-state index in [2.05, 4.69) is 0 Å². The van der Waals surface area contributed by atoms with Crippen molar-refractivity contribution in [1.82, 2.24) is 0 Å². The van der Waals surface area contributed by atoms with Gasteiger partial charge >= 0.3 is 0 Å². The van der Waals surface area contributed by atoms with Gasteiger partial charge in [0.1, 0.15) is 10.7 Å². The Morgan fingerprint density at radius 2 is 1.73 bits per heavy atom. The molecular weight excluding hydrogens is 160 g/mol. The summed E-state index contributed by atoms with van der Waals surface area (Å²) in [5.74, 6) is 1.11. The van der Waals surface area contributed by atoms with Gasteiger partial charge in [-0.15, -0.1) is 0 Å². The first-order valence-electron chi connectivity index (χ1n) is 4.41. The van der Waals surface area contributed by atoms with E-state index < -0.39 is 10.7 Å². The smallest absolute Gasteiger partial charge is 0.140 e. The van der Waals surface area contributed by atoms with Gasteiger partial charge in [0.05, 0.1) is 0 Å². The summed E-state index contributed by atoms with van der Waals surface area (Å²) in [5.41, 5.74) is 0. The van der Waals surface area contributed by atoms with Crippen LogP contribution in [0.25, 0.3) is 0 Å². The minimum Gasteiger partial charge on any atom is -0.232 e. The molecule has 0 heterocycles. The van der Waals surface area contributed by atoms with E-state index in [0.717, 1.165) is 6.42 Å². The van der Waals surface area contributed by atoms with E-state index in [-0.39, 0.29) is 0 Å². The van der Waals surface area contributed by atoms with E-state index >= 15 is 0 Å². The molecule has 11 heavy (non-hydrogen) atoms. The lowest BCUT2D eigenvalue weighted by Gasteiger charge is -2.19. The van der Waals surface area contributed by atoms with Crippen molar-refractivity contribution in [3.8, 4) is 0 Å². The molecule has 1 aliphatic rings. The highest BCUT2D eigenvalue weighted by Gasteiger charge is 2.12. The van der Waals surface area contributed by atoms with Gasteiger partial charge in [-0.2, -0.15) is 0 Å². The number of hydrogen-bond donors (Lipinski definition) is 1. The Morgan fingerprint density at radius 1 is 1.09 bits per heavy atom. The molecular formula is C8H16O2S. The van der Waals surface area contributed by atoms with E-state index in [1.165, 1.54) is 32.1 Å². The number of rotatable bonds is 3. The Kier molecular flexibility index (Phi) is 3.91. The van der Waals surface area contributed by atoms with Crippen LogP contribution in [0.1, 0.15) is 38.5 Å². The van der Waals surface area contributed by atoms with Crippen LogP contribution < -0.4 is 0 Å². The summed E-state index contributed by atoms with van der Waals surface area (Å²) in [4.78, 5) is 0. The van der Waals surface area contributed by atoms with E-state index in [9.17, 15) is 8.42 Å². The molecule has 0 aromatic heterocycles. The topological polar surface area (TPSA) is 34.1 Å². The minimum atomic E-state index is -2.13. The Hall–Kier alpha value is -0.0500. The number of thiol groups is 1. The van der Waals surface area contributed by atoms with Crippen molar-refractivity contribution in [1.29, 1.82) is 0 Å². The SMILES string of the molecule is O=[SH](=O)CCC1CCCCC1. The third-order valence-corrected chi connectivity index (χ3v) is 3.07. The van der Waals surface area contributed by atoms with Gasteiger partial charge in [0.2, 0.25) is 0 Å². The summed E-state index contributed by atoms with van der Waals surface area (Å²) >= 11 is 0. The Morgan fingerprint density at radius 3 is 2.27 bits per heavy atom. The molecule has 1 fully saturated rings. The molecule has 3 heteroatoms. The Labute approximate surface area is 69.9 Å².